The first-order chi connectivity index (χ1) is 8.67. The average molecular weight is 244 g/mol. The third-order valence-corrected chi connectivity index (χ3v) is 3.71. The van der Waals surface area contributed by atoms with Crippen LogP contribution >= 0.6 is 0 Å². The number of aryl methyl sites for hydroxylation is 2. The van der Waals surface area contributed by atoms with Crippen LogP contribution in [0.2, 0.25) is 0 Å². The molecule has 0 fully saturated rings. The van der Waals surface area contributed by atoms with E-state index in [4.69, 9.17) is 0 Å². The summed E-state index contributed by atoms with van der Waals surface area (Å²) in [5, 5.41) is 1.34. The largest absolute Gasteiger partial charge is 0.335 e. The molecule has 0 spiro atoms. The standard InChI is InChI=1S/C16H24N2/c1-5-7-13(8-6-2)15-11-18(4)16-14(15)10-9-12(3)17-16/h9-11,13H,5-8H2,1-4H3. The first-order valence-electron chi connectivity index (χ1n) is 7.09. The lowest BCUT2D eigenvalue weighted by atomic mass is 9.90. The van der Waals surface area contributed by atoms with Gasteiger partial charge in [-0.15, -0.1) is 0 Å². The van der Waals surface area contributed by atoms with Crippen LogP contribution in [0.3, 0.4) is 0 Å². The smallest absolute Gasteiger partial charge is 0.140 e. The molecule has 2 aromatic rings. The van der Waals surface area contributed by atoms with E-state index in [0.717, 1.165) is 11.3 Å². The minimum absolute atomic E-state index is 0.688. The van der Waals surface area contributed by atoms with Gasteiger partial charge in [0, 0.05) is 24.3 Å². The summed E-state index contributed by atoms with van der Waals surface area (Å²) in [7, 11) is 2.10. The van der Waals surface area contributed by atoms with Crippen molar-refractivity contribution in [1.29, 1.82) is 0 Å². The lowest BCUT2D eigenvalue weighted by molar-refractivity contribution is 0.563. The summed E-state index contributed by atoms with van der Waals surface area (Å²) in [6.45, 7) is 6.61. The van der Waals surface area contributed by atoms with Crippen LogP contribution in [-0.2, 0) is 7.05 Å². The molecule has 0 saturated heterocycles. The van der Waals surface area contributed by atoms with Gasteiger partial charge in [0.25, 0.3) is 0 Å². The molecule has 0 aliphatic rings. The Hall–Kier alpha value is -1.31. The second kappa shape index (κ2) is 5.55. The Morgan fingerprint density at radius 2 is 1.83 bits per heavy atom. The highest BCUT2D eigenvalue weighted by molar-refractivity contribution is 5.81. The molecule has 0 amide bonds. The van der Waals surface area contributed by atoms with E-state index < -0.39 is 0 Å². The molecule has 2 nitrogen and oxygen atoms in total. The molecule has 98 valence electrons. The van der Waals surface area contributed by atoms with Crippen LogP contribution < -0.4 is 0 Å². The lowest BCUT2D eigenvalue weighted by Gasteiger charge is -2.14. The Kier molecular flexibility index (Phi) is 4.05. The van der Waals surface area contributed by atoms with E-state index in [9.17, 15) is 0 Å². The SMILES string of the molecule is CCCC(CCC)c1cn(C)c2nc(C)ccc12. The molecule has 0 aliphatic heterocycles. The van der Waals surface area contributed by atoms with Crippen LogP contribution in [0.1, 0.15) is 56.7 Å². The molecule has 0 unspecified atom stereocenters. The van der Waals surface area contributed by atoms with Gasteiger partial charge in [0.2, 0.25) is 0 Å². The minimum atomic E-state index is 0.688. The first-order valence-corrected chi connectivity index (χ1v) is 7.09. The van der Waals surface area contributed by atoms with Crippen LogP contribution in [0.5, 0.6) is 0 Å². The van der Waals surface area contributed by atoms with Gasteiger partial charge in [0.1, 0.15) is 5.65 Å². The number of pyridine rings is 1. The van der Waals surface area contributed by atoms with Crippen molar-refractivity contribution in [3.8, 4) is 0 Å². The fraction of sp³-hybridized carbons (Fsp3) is 0.562. The van der Waals surface area contributed by atoms with Crippen molar-refractivity contribution < 1.29 is 0 Å². The molecule has 0 saturated carbocycles. The van der Waals surface area contributed by atoms with E-state index in [1.165, 1.54) is 36.6 Å². The molecule has 0 aliphatic carbocycles. The molecule has 0 N–H and O–H groups in total. The molecular formula is C16H24N2. The number of hydrogen-bond donors (Lipinski definition) is 0. The molecule has 0 radical (unpaired) electrons. The molecule has 2 rings (SSSR count). The Labute approximate surface area is 110 Å². The zero-order valence-electron chi connectivity index (χ0n) is 12.0. The summed E-state index contributed by atoms with van der Waals surface area (Å²) in [6.07, 6.45) is 7.34. The highest BCUT2D eigenvalue weighted by Crippen LogP contribution is 2.32. The van der Waals surface area contributed by atoms with Gasteiger partial charge in [-0.05, 0) is 43.4 Å². The number of aromatic nitrogens is 2. The number of hydrogen-bond acceptors (Lipinski definition) is 1. The highest BCUT2D eigenvalue weighted by atomic mass is 15.0. The van der Waals surface area contributed by atoms with E-state index in [2.05, 4.69) is 55.7 Å². The normalized spacial score (nSPS) is 11.6. The monoisotopic (exact) mass is 244 g/mol. The molecule has 0 aromatic carbocycles. The first kappa shape index (κ1) is 13.1. The van der Waals surface area contributed by atoms with Gasteiger partial charge >= 0.3 is 0 Å². The summed E-state index contributed by atoms with van der Waals surface area (Å²) in [6, 6.07) is 4.37. The molecular weight excluding hydrogens is 220 g/mol. The molecule has 0 bridgehead atoms. The maximum Gasteiger partial charge on any atom is 0.140 e. The number of fused-ring (bicyclic) bond motifs is 1. The van der Waals surface area contributed by atoms with Crippen molar-refractivity contribution >= 4 is 11.0 Å². The van der Waals surface area contributed by atoms with Crippen LogP contribution in [0, 0.1) is 6.92 Å². The molecule has 2 heterocycles. The second-order valence-electron chi connectivity index (χ2n) is 5.29. The van der Waals surface area contributed by atoms with Crippen molar-refractivity contribution in [2.24, 2.45) is 7.05 Å². The molecule has 2 aromatic heterocycles. The Bertz CT molecular complexity index is 519. The molecule has 18 heavy (non-hydrogen) atoms. The van der Waals surface area contributed by atoms with Gasteiger partial charge in [-0.1, -0.05) is 26.7 Å². The number of nitrogens with zero attached hydrogens (tertiary/aromatic N) is 2. The van der Waals surface area contributed by atoms with E-state index in [-0.39, 0.29) is 0 Å². The Morgan fingerprint density at radius 1 is 1.17 bits per heavy atom. The van der Waals surface area contributed by atoms with Crippen molar-refractivity contribution in [3.63, 3.8) is 0 Å². The predicted octanol–water partition coefficient (Wildman–Crippen LogP) is 4.57. The van der Waals surface area contributed by atoms with E-state index >= 15 is 0 Å². The van der Waals surface area contributed by atoms with Crippen LogP contribution in [0.15, 0.2) is 18.3 Å². The van der Waals surface area contributed by atoms with E-state index in [1.54, 1.807) is 0 Å². The fourth-order valence-electron chi connectivity index (χ4n) is 2.85. The summed E-state index contributed by atoms with van der Waals surface area (Å²) in [4.78, 5) is 4.66. The number of rotatable bonds is 5. The summed E-state index contributed by atoms with van der Waals surface area (Å²) in [5.74, 6) is 0.688. The quantitative estimate of drug-likeness (QED) is 0.753. The van der Waals surface area contributed by atoms with Crippen molar-refractivity contribution in [2.45, 2.75) is 52.4 Å². The highest BCUT2D eigenvalue weighted by Gasteiger charge is 2.16. The minimum Gasteiger partial charge on any atom is -0.335 e. The lowest BCUT2D eigenvalue weighted by Crippen LogP contribution is -1.97. The van der Waals surface area contributed by atoms with Gasteiger partial charge in [0.15, 0.2) is 0 Å². The van der Waals surface area contributed by atoms with Crippen LogP contribution in [-0.4, -0.2) is 9.55 Å². The van der Waals surface area contributed by atoms with Gasteiger partial charge in [-0.2, -0.15) is 0 Å². The average Bonchev–Trinajstić information content (AvgIpc) is 2.66. The van der Waals surface area contributed by atoms with Crippen molar-refractivity contribution in [3.05, 3.63) is 29.6 Å². The maximum absolute atomic E-state index is 4.66. The van der Waals surface area contributed by atoms with Gasteiger partial charge in [-0.3, -0.25) is 0 Å². The molecule has 0 atom stereocenters. The summed E-state index contributed by atoms with van der Waals surface area (Å²) < 4.78 is 2.18. The van der Waals surface area contributed by atoms with Crippen LogP contribution in [0.25, 0.3) is 11.0 Å². The van der Waals surface area contributed by atoms with Gasteiger partial charge in [-0.25, -0.2) is 4.98 Å². The van der Waals surface area contributed by atoms with Gasteiger partial charge in [0.05, 0.1) is 0 Å². The summed E-state index contributed by atoms with van der Waals surface area (Å²) in [5.41, 5.74) is 3.71. The Balaban J connectivity index is 2.49. The third-order valence-electron chi connectivity index (χ3n) is 3.71. The topological polar surface area (TPSA) is 17.8 Å². The fourth-order valence-corrected chi connectivity index (χ4v) is 2.85. The zero-order chi connectivity index (χ0) is 13.1. The summed E-state index contributed by atoms with van der Waals surface area (Å²) >= 11 is 0. The van der Waals surface area contributed by atoms with E-state index in [0.29, 0.717) is 5.92 Å². The van der Waals surface area contributed by atoms with Crippen molar-refractivity contribution in [1.82, 2.24) is 9.55 Å². The molecule has 2 heteroatoms. The van der Waals surface area contributed by atoms with E-state index in [1.807, 2.05) is 0 Å². The zero-order valence-corrected chi connectivity index (χ0v) is 12.0. The van der Waals surface area contributed by atoms with Crippen molar-refractivity contribution in [2.75, 3.05) is 0 Å². The maximum atomic E-state index is 4.66. The van der Waals surface area contributed by atoms with Crippen LogP contribution in [0.4, 0.5) is 0 Å². The Morgan fingerprint density at radius 3 is 2.44 bits per heavy atom. The third kappa shape index (κ3) is 2.43. The predicted molar refractivity (Wildman–Crippen MR) is 78.0 cm³/mol. The van der Waals surface area contributed by atoms with Gasteiger partial charge < -0.3 is 4.57 Å². The second-order valence-corrected chi connectivity index (χ2v) is 5.29.